The van der Waals surface area contributed by atoms with E-state index in [1.165, 1.54) is 5.69 Å². The van der Waals surface area contributed by atoms with Gasteiger partial charge >= 0.3 is 0 Å². The van der Waals surface area contributed by atoms with Gasteiger partial charge in [-0.05, 0) is 13.0 Å². The van der Waals surface area contributed by atoms with Gasteiger partial charge in [0, 0.05) is 38.0 Å². The highest BCUT2D eigenvalue weighted by molar-refractivity contribution is 5.38. The molecule has 2 heterocycles. The predicted octanol–water partition coefficient (Wildman–Crippen LogP) is 1.18. The number of rotatable bonds is 5. The molecule has 18 heavy (non-hydrogen) atoms. The van der Waals surface area contributed by atoms with Crippen LogP contribution in [0.3, 0.4) is 0 Å². The van der Waals surface area contributed by atoms with Gasteiger partial charge in [0.25, 0.3) is 0 Å². The van der Waals surface area contributed by atoms with Gasteiger partial charge in [-0.1, -0.05) is 0 Å². The Morgan fingerprint density at radius 1 is 1.39 bits per heavy atom. The lowest BCUT2D eigenvalue weighted by Crippen LogP contribution is -2.10. The van der Waals surface area contributed by atoms with Gasteiger partial charge in [-0.2, -0.15) is 10.1 Å². The molecule has 6 nitrogen and oxygen atoms in total. The minimum atomic E-state index is 0.575. The first-order chi connectivity index (χ1) is 8.69. The Bertz CT molecular complexity index is 523. The second kappa shape index (κ2) is 5.48. The van der Waals surface area contributed by atoms with Crippen LogP contribution < -0.4 is 10.1 Å². The molecule has 1 N–H and O–H groups in total. The Morgan fingerprint density at radius 3 is 2.89 bits per heavy atom. The average Bonchev–Trinajstić information content (AvgIpc) is 2.74. The highest BCUT2D eigenvalue weighted by atomic mass is 16.5. The van der Waals surface area contributed by atoms with Crippen LogP contribution in [-0.4, -0.2) is 33.4 Å². The van der Waals surface area contributed by atoms with Crippen LogP contribution in [0.2, 0.25) is 0 Å². The molecule has 0 saturated carbocycles. The summed E-state index contributed by atoms with van der Waals surface area (Å²) >= 11 is 0. The van der Waals surface area contributed by atoms with Gasteiger partial charge in [0.05, 0.1) is 7.11 Å². The van der Waals surface area contributed by atoms with Gasteiger partial charge in [0.1, 0.15) is 11.6 Å². The van der Waals surface area contributed by atoms with Gasteiger partial charge in [0.15, 0.2) is 0 Å². The molecule has 0 aromatic carbocycles. The normalized spacial score (nSPS) is 10.4. The van der Waals surface area contributed by atoms with Crippen molar-refractivity contribution in [3.05, 3.63) is 29.8 Å². The summed E-state index contributed by atoms with van der Waals surface area (Å²) in [6, 6.07) is 3.80. The monoisotopic (exact) mass is 247 g/mol. The van der Waals surface area contributed by atoms with Crippen LogP contribution in [0, 0.1) is 6.92 Å². The SMILES string of the molecule is COc1cc(NCCc2ccnn2C)nc(C)n1. The molecule has 6 heteroatoms. The Balaban J connectivity index is 1.94. The summed E-state index contributed by atoms with van der Waals surface area (Å²) in [5.74, 6) is 2.05. The standard InChI is InChI=1S/C12H17N5O/c1-9-15-11(8-12(16-9)18-3)13-6-4-10-5-7-14-17(10)2/h5,7-8H,4,6H2,1-3H3,(H,13,15,16). The Hall–Kier alpha value is -2.11. The number of aromatic nitrogens is 4. The summed E-state index contributed by atoms with van der Waals surface area (Å²) in [6.07, 6.45) is 2.69. The first-order valence-electron chi connectivity index (χ1n) is 5.79. The Labute approximate surface area is 106 Å². The molecule has 0 radical (unpaired) electrons. The van der Waals surface area contributed by atoms with E-state index in [0.29, 0.717) is 11.7 Å². The zero-order chi connectivity index (χ0) is 13.0. The van der Waals surface area contributed by atoms with Crippen LogP contribution in [-0.2, 0) is 13.5 Å². The van der Waals surface area contributed by atoms with Crippen LogP contribution in [0.15, 0.2) is 18.3 Å². The first kappa shape index (κ1) is 12.3. The minimum Gasteiger partial charge on any atom is -0.481 e. The molecule has 0 saturated heterocycles. The molecule has 0 fully saturated rings. The summed E-state index contributed by atoms with van der Waals surface area (Å²) in [4.78, 5) is 8.44. The van der Waals surface area contributed by atoms with Crippen LogP contribution >= 0.6 is 0 Å². The molecule has 0 spiro atoms. The van der Waals surface area contributed by atoms with Crippen LogP contribution in [0.5, 0.6) is 5.88 Å². The van der Waals surface area contributed by atoms with E-state index < -0.39 is 0 Å². The van der Waals surface area contributed by atoms with E-state index in [1.807, 2.05) is 24.7 Å². The van der Waals surface area contributed by atoms with E-state index in [-0.39, 0.29) is 0 Å². The second-order valence-corrected chi connectivity index (χ2v) is 3.97. The smallest absolute Gasteiger partial charge is 0.218 e. The van der Waals surface area contributed by atoms with Crippen LogP contribution in [0.1, 0.15) is 11.5 Å². The van der Waals surface area contributed by atoms with Crippen molar-refractivity contribution >= 4 is 5.82 Å². The summed E-state index contributed by atoms with van der Waals surface area (Å²) in [7, 11) is 3.54. The Kier molecular flexibility index (Phi) is 3.76. The summed E-state index contributed by atoms with van der Waals surface area (Å²) < 4.78 is 6.97. The Morgan fingerprint density at radius 2 is 2.22 bits per heavy atom. The van der Waals surface area contributed by atoms with E-state index in [4.69, 9.17) is 4.74 Å². The molecule has 0 aliphatic carbocycles. The number of aryl methyl sites for hydroxylation is 2. The van der Waals surface area contributed by atoms with E-state index >= 15 is 0 Å². The molecule has 0 amide bonds. The summed E-state index contributed by atoms with van der Waals surface area (Å²) in [5.41, 5.74) is 1.18. The lowest BCUT2D eigenvalue weighted by Gasteiger charge is -2.08. The van der Waals surface area contributed by atoms with Gasteiger partial charge < -0.3 is 10.1 Å². The maximum absolute atomic E-state index is 5.10. The molecular weight excluding hydrogens is 230 g/mol. The molecule has 0 atom stereocenters. The van der Waals surface area contributed by atoms with Crippen molar-refractivity contribution in [2.24, 2.45) is 7.05 Å². The second-order valence-electron chi connectivity index (χ2n) is 3.97. The zero-order valence-electron chi connectivity index (χ0n) is 10.8. The third-order valence-electron chi connectivity index (χ3n) is 2.63. The molecule has 96 valence electrons. The van der Waals surface area contributed by atoms with Crippen LogP contribution in [0.4, 0.5) is 5.82 Å². The quantitative estimate of drug-likeness (QED) is 0.859. The lowest BCUT2D eigenvalue weighted by atomic mass is 10.3. The maximum atomic E-state index is 5.10. The first-order valence-corrected chi connectivity index (χ1v) is 5.79. The minimum absolute atomic E-state index is 0.575. The molecular formula is C12H17N5O. The molecule has 0 bridgehead atoms. The van der Waals surface area contributed by atoms with Crippen molar-refractivity contribution in [1.82, 2.24) is 19.7 Å². The van der Waals surface area contributed by atoms with Crippen molar-refractivity contribution in [3.8, 4) is 5.88 Å². The number of nitrogens with one attached hydrogen (secondary N) is 1. The topological polar surface area (TPSA) is 64.9 Å². The third kappa shape index (κ3) is 2.97. The summed E-state index contributed by atoms with van der Waals surface area (Å²) in [5, 5.41) is 7.38. The molecule has 0 unspecified atom stereocenters. The van der Waals surface area contributed by atoms with Crippen molar-refractivity contribution in [3.63, 3.8) is 0 Å². The summed E-state index contributed by atoms with van der Waals surface area (Å²) in [6.45, 7) is 2.63. The number of anilines is 1. The zero-order valence-corrected chi connectivity index (χ0v) is 10.8. The van der Waals surface area contributed by atoms with E-state index in [2.05, 4.69) is 20.4 Å². The van der Waals surface area contributed by atoms with Crippen molar-refractivity contribution in [1.29, 1.82) is 0 Å². The number of hydrogen-bond acceptors (Lipinski definition) is 5. The number of methoxy groups -OCH3 is 1. The maximum Gasteiger partial charge on any atom is 0.218 e. The molecule has 0 aliphatic rings. The van der Waals surface area contributed by atoms with E-state index in [0.717, 1.165) is 18.8 Å². The highest BCUT2D eigenvalue weighted by Gasteiger charge is 2.02. The molecule has 2 aromatic heterocycles. The largest absolute Gasteiger partial charge is 0.481 e. The van der Waals surface area contributed by atoms with Gasteiger partial charge in [-0.15, -0.1) is 0 Å². The van der Waals surface area contributed by atoms with Gasteiger partial charge in [-0.3, -0.25) is 4.68 Å². The number of nitrogens with zero attached hydrogens (tertiary/aromatic N) is 4. The molecule has 2 aromatic rings. The van der Waals surface area contributed by atoms with Gasteiger partial charge in [-0.25, -0.2) is 4.98 Å². The van der Waals surface area contributed by atoms with E-state index in [9.17, 15) is 0 Å². The fraction of sp³-hybridized carbons (Fsp3) is 0.417. The van der Waals surface area contributed by atoms with Crippen molar-refractivity contribution in [2.75, 3.05) is 19.0 Å². The fourth-order valence-corrected chi connectivity index (χ4v) is 1.70. The highest BCUT2D eigenvalue weighted by Crippen LogP contribution is 2.12. The third-order valence-corrected chi connectivity index (χ3v) is 2.63. The molecule has 2 rings (SSSR count). The molecule has 0 aliphatic heterocycles. The number of hydrogen-bond donors (Lipinski definition) is 1. The fourth-order valence-electron chi connectivity index (χ4n) is 1.70. The number of ether oxygens (including phenoxy) is 1. The van der Waals surface area contributed by atoms with Crippen LogP contribution in [0.25, 0.3) is 0 Å². The predicted molar refractivity (Wildman–Crippen MR) is 68.7 cm³/mol. The van der Waals surface area contributed by atoms with Crippen molar-refractivity contribution < 1.29 is 4.74 Å². The van der Waals surface area contributed by atoms with Gasteiger partial charge in [0.2, 0.25) is 5.88 Å². The van der Waals surface area contributed by atoms with Crippen molar-refractivity contribution in [2.45, 2.75) is 13.3 Å². The lowest BCUT2D eigenvalue weighted by molar-refractivity contribution is 0.396. The van der Waals surface area contributed by atoms with E-state index in [1.54, 1.807) is 19.4 Å². The average molecular weight is 247 g/mol.